The van der Waals surface area contributed by atoms with Crippen LogP contribution in [-0.2, 0) is 9.47 Å². The van der Waals surface area contributed by atoms with Crippen molar-refractivity contribution in [3.63, 3.8) is 0 Å². The molecule has 0 fully saturated rings. The lowest BCUT2D eigenvalue weighted by Gasteiger charge is -2.30. The summed E-state index contributed by atoms with van der Waals surface area (Å²) >= 11 is 6.30. The Bertz CT molecular complexity index is 1160. The molecule has 0 bridgehead atoms. The number of aromatic nitrogens is 3. The average Bonchev–Trinajstić information content (AvgIpc) is 3.42. The molecule has 0 saturated heterocycles. The molecule has 34 heavy (non-hydrogen) atoms. The van der Waals surface area contributed by atoms with Crippen molar-refractivity contribution in [3.8, 4) is 22.3 Å². The predicted molar refractivity (Wildman–Crippen MR) is 131 cm³/mol. The monoisotopic (exact) mass is 507 g/mol. The maximum Gasteiger partial charge on any atom is 0.408 e. The van der Waals surface area contributed by atoms with E-state index < -0.39 is 29.4 Å². The number of carbonyl (C=O) groups excluding carboxylic acids is 1. The highest BCUT2D eigenvalue weighted by Gasteiger charge is 2.32. The molecule has 2 atom stereocenters. The van der Waals surface area contributed by atoms with E-state index in [-0.39, 0.29) is 16.8 Å². The van der Waals surface area contributed by atoms with Gasteiger partial charge in [0.05, 0.1) is 11.7 Å². The first-order chi connectivity index (χ1) is 15.7. The molecule has 0 unspecified atom stereocenters. The van der Waals surface area contributed by atoms with Crippen LogP contribution in [0.15, 0.2) is 26.7 Å². The van der Waals surface area contributed by atoms with E-state index in [1.807, 2.05) is 27.7 Å². The number of nitrogens with two attached hydrogens (primary N) is 1. The smallest absolute Gasteiger partial charge is 0.408 e. The number of rotatable bonds is 7. The Kier molecular flexibility index (Phi) is 7.44. The van der Waals surface area contributed by atoms with Crippen molar-refractivity contribution in [2.75, 3.05) is 0 Å². The fourth-order valence-corrected chi connectivity index (χ4v) is 3.91. The Morgan fingerprint density at radius 1 is 1.09 bits per heavy atom. The van der Waals surface area contributed by atoms with E-state index in [2.05, 4.69) is 20.3 Å². The standard InChI is InChI=1S/C22H29N5O5S2/c1-11(31-21(2,3)4)15(27-20(28)32-22(5,6)7)18-24-12(8-30-18)17-25-13(9-29-17)19-26-14(10-34-19)16(23)33/h8-11,15H,1-7H3,(H2,23,33)(H,27,28)/t11-,15-/m0/s1. The van der Waals surface area contributed by atoms with Gasteiger partial charge in [-0.15, -0.1) is 11.3 Å². The number of amides is 1. The van der Waals surface area contributed by atoms with Gasteiger partial charge in [0.25, 0.3) is 0 Å². The van der Waals surface area contributed by atoms with Gasteiger partial charge in [-0.1, -0.05) is 12.2 Å². The number of nitrogens with zero attached hydrogens (tertiary/aromatic N) is 3. The van der Waals surface area contributed by atoms with Crippen molar-refractivity contribution in [3.05, 3.63) is 29.5 Å². The number of alkyl carbamates (subject to hydrolysis) is 1. The molecule has 184 valence electrons. The van der Waals surface area contributed by atoms with E-state index in [0.717, 1.165) is 0 Å². The van der Waals surface area contributed by atoms with Crippen LogP contribution in [0.1, 0.15) is 66.1 Å². The summed E-state index contributed by atoms with van der Waals surface area (Å²) in [6.07, 6.45) is 1.78. The van der Waals surface area contributed by atoms with Gasteiger partial charge in [0.15, 0.2) is 5.69 Å². The number of thiocarbonyl (C=S) groups is 1. The van der Waals surface area contributed by atoms with E-state index in [9.17, 15) is 4.79 Å². The van der Waals surface area contributed by atoms with Crippen LogP contribution in [0, 0.1) is 0 Å². The molecule has 12 heteroatoms. The molecule has 1 amide bonds. The van der Waals surface area contributed by atoms with E-state index in [1.54, 1.807) is 26.2 Å². The van der Waals surface area contributed by atoms with Gasteiger partial charge >= 0.3 is 6.09 Å². The summed E-state index contributed by atoms with van der Waals surface area (Å²) < 4.78 is 22.7. The third kappa shape index (κ3) is 6.84. The predicted octanol–water partition coefficient (Wildman–Crippen LogP) is 4.86. The van der Waals surface area contributed by atoms with Gasteiger partial charge in [-0.25, -0.2) is 19.7 Å². The summed E-state index contributed by atoms with van der Waals surface area (Å²) in [7, 11) is 0. The molecule has 0 saturated carbocycles. The first-order valence-corrected chi connectivity index (χ1v) is 11.8. The molecule has 0 spiro atoms. The second kappa shape index (κ2) is 9.80. The average molecular weight is 508 g/mol. The fraction of sp³-hybridized carbons (Fsp3) is 0.500. The molecule has 0 aliphatic rings. The molecule has 3 rings (SSSR count). The first kappa shape index (κ1) is 25.8. The number of carbonyl (C=O) groups is 1. The Labute approximate surface area is 207 Å². The van der Waals surface area contributed by atoms with Gasteiger partial charge in [-0.3, -0.25) is 0 Å². The second-order valence-corrected chi connectivity index (χ2v) is 10.9. The van der Waals surface area contributed by atoms with Crippen LogP contribution in [0.2, 0.25) is 0 Å². The topological polar surface area (TPSA) is 139 Å². The van der Waals surface area contributed by atoms with E-state index in [4.69, 9.17) is 36.3 Å². The maximum absolute atomic E-state index is 12.5. The zero-order valence-corrected chi connectivity index (χ0v) is 21.8. The lowest BCUT2D eigenvalue weighted by molar-refractivity contribution is -0.0710. The quantitative estimate of drug-likeness (QED) is 0.426. The lowest BCUT2D eigenvalue weighted by atomic mass is 10.1. The SMILES string of the molecule is C[C@H](OC(C)(C)C)[C@H](NC(=O)OC(C)(C)C)c1nc(-c2nc(-c3nc(C(N)=S)cs3)co2)co1. The first-order valence-electron chi connectivity index (χ1n) is 10.6. The summed E-state index contributed by atoms with van der Waals surface area (Å²) in [4.78, 5) is 26.0. The molecule has 0 aliphatic heterocycles. The van der Waals surface area contributed by atoms with Crippen molar-refractivity contribution in [2.24, 2.45) is 5.73 Å². The minimum Gasteiger partial charge on any atom is -0.446 e. The molecule has 3 N–H and O–H groups in total. The largest absolute Gasteiger partial charge is 0.446 e. The summed E-state index contributed by atoms with van der Waals surface area (Å²) in [5, 5.41) is 5.16. The van der Waals surface area contributed by atoms with Crippen LogP contribution in [0.3, 0.4) is 0 Å². The number of hydrogen-bond acceptors (Lipinski definition) is 10. The number of thiazole rings is 1. The normalized spacial score (nSPS) is 14.0. The highest BCUT2D eigenvalue weighted by Crippen LogP contribution is 2.29. The number of oxazole rings is 2. The van der Waals surface area contributed by atoms with Gasteiger partial charge in [-0.05, 0) is 48.5 Å². The second-order valence-electron chi connectivity index (χ2n) is 9.57. The molecular formula is C22H29N5O5S2. The van der Waals surface area contributed by atoms with Crippen LogP contribution < -0.4 is 11.1 Å². The van der Waals surface area contributed by atoms with E-state index in [0.29, 0.717) is 22.1 Å². The summed E-state index contributed by atoms with van der Waals surface area (Å²) in [6, 6.07) is -0.718. The number of nitrogens with one attached hydrogen (secondary N) is 1. The minimum absolute atomic E-state index is 0.211. The van der Waals surface area contributed by atoms with Gasteiger partial charge in [0, 0.05) is 5.38 Å². The Balaban J connectivity index is 1.84. The molecule has 10 nitrogen and oxygen atoms in total. The van der Waals surface area contributed by atoms with Gasteiger partial charge in [-0.2, -0.15) is 0 Å². The molecular weight excluding hydrogens is 478 g/mol. The van der Waals surface area contributed by atoms with Gasteiger partial charge in [0.2, 0.25) is 11.8 Å². The van der Waals surface area contributed by atoms with Crippen LogP contribution in [0.5, 0.6) is 0 Å². The van der Waals surface area contributed by atoms with Crippen molar-refractivity contribution in [1.82, 2.24) is 20.3 Å². The molecule has 3 aromatic heterocycles. The minimum atomic E-state index is -0.718. The van der Waals surface area contributed by atoms with E-state index in [1.165, 1.54) is 23.9 Å². The Morgan fingerprint density at radius 2 is 1.76 bits per heavy atom. The molecule has 3 aromatic rings. The van der Waals surface area contributed by atoms with Gasteiger partial charge < -0.3 is 29.4 Å². The van der Waals surface area contributed by atoms with Crippen molar-refractivity contribution < 1.29 is 23.1 Å². The third-order valence-electron chi connectivity index (χ3n) is 4.17. The fourth-order valence-electron chi connectivity index (χ4n) is 2.96. The summed E-state index contributed by atoms with van der Waals surface area (Å²) in [5.41, 5.74) is 5.89. The lowest BCUT2D eigenvalue weighted by Crippen LogP contribution is -2.42. The van der Waals surface area contributed by atoms with Gasteiger partial charge in [0.1, 0.15) is 45.6 Å². The Hall–Kier alpha value is -2.83. The van der Waals surface area contributed by atoms with Crippen molar-refractivity contribution >= 4 is 34.6 Å². The van der Waals surface area contributed by atoms with Crippen LogP contribution in [0.4, 0.5) is 4.79 Å². The van der Waals surface area contributed by atoms with Crippen LogP contribution in [0.25, 0.3) is 22.3 Å². The summed E-state index contributed by atoms with van der Waals surface area (Å²) in [5.74, 6) is 0.458. The highest BCUT2D eigenvalue weighted by molar-refractivity contribution is 7.80. The zero-order chi connectivity index (χ0) is 25.3. The maximum atomic E-state index is 12.5. The molecule has 0 radical (unpaired) electrons. The number of ether oxygens (including phenoxy) is 2. The highest BCUT2D eigenvalue weighted by atomic mass is 32.1. The van der Waals surface area contributed by atoms with Crippen LogP contribution in [-0.4, -0.2) is 43.3 Å². The Morgan fingerprint density at radius 3 is 2.35 bits per heavy atom. The molecule has 0 aromatic carbocycles. The van der Waals surface area contributed by atoms with Crippen molar-refractivity contribution in [1.29, 1.82) is 0 Å². The van der Waals surface area contributed by atoms with Crippen molar-refractivity contribution in [2.45, 2.75) is 71.8 Å². The molecule has 3 heterocycles. The number of hydrogen-bond donors (Lipinski definition) is 2. The third-order valence-corrected chi connectivity index (χ3v) is 5.24. The van der Waals surface area contributed by atoms with Crippen LogP contribution >= 0.6 is 23.6 Å². The molecule has 0 aliphatic carbocycles. The zero-order valence-electron chi connectivity index (χ0n) is 20.2. The summed E-state index contributed by atoms with van der Waals surface area (Å²) in [6.45, 7) is 12.9. The van der Waals surface area contributed by atoms with E-state index >= 15 is 0 Å².